The van der Waals surface area contributed by atoms with Crippen LogP contribution >= 0.6 is 0 Å². The lowest BCUT2D eigenvalue weighted by molar-refractivity contribution is 0.101. The molecule has 0 amide bonds. The van der Waals surface area contributed by atoms with E-state index in [1.807, 2.05) is 24.3 Å². The van der Waals surface area contributed by atoms with Crippen LogP contribution in [0.5, 0.6) is 0 Å². The van der Waals surface area contributed by atoms with Gasteiger partial charge in [-0.25, -0.2) is 0 Å². The number of benzene rings is 2. The molecule has 0 atom stereocenters. The van der Waals surface area contributed by atoms with Gasteiger partial charge in [0.1, 0.15) is 0 Å². The van der Waals surface area contributed by atoms with Crippen LogP contribution < -0.4 is 5.32 Å². The Labute approximate surface area is 108 Å². The summed E-state index contributed by atoms with van der Waals surface area (Å²) in [7, 11) is 0. The smallest absolute Gasteiger partial charge is 0.159 e. The molecule has 2 nitrogen and oxygen atoms in total. The predicted molar refractivity (Wildman–Crippen MR) is 75.5 cm³/mol. The highest BCUT2D eigenvalue weighted by atomic mass is 16.1. The van der Waals surface area contributed by atoms with E-state index in [2.05, 4.69) is 36.5 Å². The molecule has 0 aliphatic rings. The minimum Gasteiger partial charge on any atom is -0.356 e. The van der Waals surface area contributed by atoms with Gasteiger partial charge in [-0.05, 0) is 55.3 Å². The Hall–Kier alpha value is -2.09. The van der Waals surface area contributed by atoms with Gasteiger partial charge in [-0.15, -0.1) is 0 Å². The number of carbonyl (C=O) groups is 1. The van der Waals surface area contributed by atoms with Crippen molar-refractivity contribution in [1.82, 2.24) is 0 Å². The fourth-order valence-corrected chi connectivity index (χ4v) is 1.78. The molecule has 0 bridgehead atoms. The molecule has 0 radical (unpaired) electrons. The van der Waals surface area contributed by atoms with Crippen molar-refractivity contribution in [3.05, 3.63) is 59.7 Å². The average Bonchev–Trinajstić information content (AvgIpc) is 2.40. The summed E-state index contributed by atoms with van der Waals surface area (Å²) in [4.78, 5) is 11.2. The molecule has 2 aromatic carbocycles. The number of aryl methyl sites for hydroxylation is 1. The number of nitrogens with one attached hydrogen (secondary N) is 1. The van der Waals surface area contributed by atoms with Gasteiger partial charge >= 0.3 is 0 Å². The Balaban J connectivity index is 2.10. The molecule has 2 aromatic rings. The maximum Gasteiger partial charge on any atom is 0.159 e. The van der Waals surface area contributed by atoms with E-state index in [-0.39, 0.29) is 5.78 Å². The maximum atomic E-state index is 11.2. The van der Waals surface area contributed by atoms with Gasteiger partial charge < -0.3 is 5.32 Å². The lowest BCUT2D eigenvalue weighted by atomic mass is 10.1. The highest BCUT2D eigenvalue weighted by Gasteiger charge is 1.99. The quantitative estimate of drug-likeness (QED) is 0.810. The number of hydrogen-bond donors (Lipinski definition) is 1. The Bertz CT molecular complexity index is 526. The van der Waals surface area contributed by atoms with E-state index in [1.54, 1.807) is 6.92 Å². The Kier molecular flexibility index (Phi) is 3.78. The van der Waals surface area contributed by atoms with Crippen molar-refractivity contribution >= 4 is 17.2 Å². The van der Waals surface area contributed by atoms with Crippen molar-refractivity contribution in [2.45, 2.75) is 20.3 Å². The Morgan fingerprint density at radius 1 is 0.944 bits per heavy atom. The van der Waals surface area contributed by atoms with Gasteiger partial charge in [0.05, 0.1) is 0 Å². The third-order valence-corrected chi connectivity index (χ3v) is 2.94. The largest absolute Gasteiger partial charge is 0.356 e. The molecule has 18 heavy (non-hydrogen) atoms. The van der Waals surface area contributed by atoms with Crippen LogP contribution in [-0.4, -0.2) is 5.78 Å². The standard InChI is InChI=1S/C16H17NO/c1-3-13-4-8-15(9-5-13)17-16-10-6-14(7-11-16)12(2)18/h4-11,17H,3H2,1-2H3. The zero-order valence-electron chi connectivity index (χ0n) is 10.7. The van der Waals surface area contributed by atoms with E-state index in [9.17, 15) is 4.79 Å². The van der Waals surface area contributed by atoms with Gasteiger partial charge in [0.2, 0.25) is 0 Å². The highest BCUT2D eigenvalue weighted by molar-refractivity contribution is 5.94. The van der Waals surface area contributed by atoms with Crippen molar-refractivity contribution in [2.24, 2.45) is 0 Å². The number of hydrogen-bond acceptors (Lipinski definition) is 2. The summed E-state index contributed by atoms with van der Waals surface area (Å²) in [5.41, 5.74) is 4.11. The second-order valence-electron chi connectivity index (χ2n) is 4.31. The molecule has 0 heterocycles. The Morgan fingerprint density at radius 3 is 1.89 bits per heavy atom. The SMILES string of the molecule is CCc1ccc(Nc2ccc(C(C)=O)cc2)cc1. The maximum absolute atomic E-state index is 11.2. The van der Waals surface area contributed by atoms with Crippen molar-refractivity contribution < 1.29 is 4.79 Å². The first-order valence-corrected chi connectivity index (χ1v) is 6.16. The van der Waals surface area contributed by atoms with E-state index in [1.165, 1.54) is 5.56 Å². The average molecular weight is 239 g/mol. The fourth-order valence-electron chi connectivity index (χ4n) is 1.78. The third-order valence-electron chi connectivity index (χ3n) is 2.94. The summed E-state index contributed by atoms with van der Waals surface area (Å²) in [6, 6.07) is 15.9. The van der Waals surface area contributed by atoms with E-state index in [0.717, 1.165) is 23.4 Å². The molecule has 1 N–H and O–H groups in total. The van der Waals surface area contributed by atoms with Gasteiger partial charge in [-0.1, -0.05) is 19.1 Å². The molecule has 0 aromatic heterocycles. The molecule has 0 spiro atoms. The first kappa shape index (κ1) is 12.4. The fraction of sp³-hybridized carbons (Fsp3) is 0.188. The van der Waals surface area contributed by atoms with Gasteiger partial charge in [-0.2, -0.15) is 0 Å². The second-order valence-corrected chi connectivity index (χ2v) is 4.31. The minimum atomic E-state index is 0.0915. The van der Waals surface area contributed by atoms with Crippen molar-refractivity contribution in [2.75, 3.05) is 5.32 Å². The van der Waals surface area contributed by atoms with Crippen molar-refractivity contribution in [3.8, 4) is 0 Å². The lowest BCUT2D eigenvalue weighted by Crippen LogP contribution is -1.94. The third kappa shape index (κ3) is 2.98. The summed E-state index contributed by atoms with van der Waals surface area (Å²) < 4.78 is 0. The van der Waals surface area contributed by atoms with Gasteiger partial charge in [0.25, 0.3) is 0 Å². The van der Waals surface area contributed by atoms with Crippen LogP contribution in [0, 0.1) is 0 Å². The van der Waals surface area contributed by atoms with E-state index < -0.39 is 0 Å². The monoisotopic (exact) mass is 239 g/mol. The number of Topliss-reactive ketones (excluding diaryl/α,β-unsaturated/α-hetero) is 1. The molecule has 0 saturated carbocycles. The van der Waals surface area contributed by atoms with Crippen LogP contribution in [0.3, 0.4) is 0 Å². The zero-order chi connectivity index (χ0) is 13.0. The summed E-state index contributed by atoms with van der Waals surface area (Å²) in [5, 5.41) is 3.31. The molecule has 0 fully saturated rings. The summed E-state index contributed by atoms with van der Waals surface area (Å²) in [6.07, 6.45) is 1.05. The number of rotatable bonds is 4. The van der Waals surface area contributed by atoms with Crippen LogP contribution in [0.4, 0.5) is 11.4 Å². The van der Waals surface area contributed by atoms with E-state index in [0.29, 0.717) is 0 Å². The molecule has 92 valence electrons. The molecule has 0 unspecified atom stereocenters. The second kappa shape index (κ2) is 5.50. The number of carbonyl (C=O) groups excluding carboxylic acids is 1. The number of ketones is 1. The van der Waals surface area contributed by atoms with Crippen LogP contribution in [0.1, 0.15) is 29.8 Å². The normalized spacial score (nSPS) is 10.1. The van der Waals surface area contributed by atoms with E-state index in [4.69, 9.17) is 0 Å². The predicted octanol–water partition coefficient (Wildman–Crippen LogP) is 4.20. The molecule has 2 heteroatoms. The minimum absolute atomic E-state index is 0.0915. The lowest BCUT2D eigenvalue weighted by Gasteiger charge is -2.07. The van der Waals surface area contributed by atoms with Crippen LogP contribution in [-0.2, 0) is 6.42 Å². The van der Waals surface area contributed by atoms with Crippen LogP contribution in [0.2, 0.25) is 0 Å². The van der Waals surface area contributed by atoms with Gasteiger partial charge in [0.15, 0.2) is 5.78 Å². The Morgan fingerprint density at radius 2 is 1.44 bits per heavy atom. The number of anilines is 2. The molecular formula is C16H17NO. The molecule has 0 aliphatic carbocycles. The van der Waals surface area contributed by atoms with Crippen molar-refractivity contribution in [3.63, 3.8) is 0 Å². The first-order chi connectivity index (χ1) is 8.69. The molecule has 0 saturated heterocycles. The molecular weight excluding hydrogens is 222 g/mol. The summed E-state index contributed by atoms with van der Waals surface area (Å²) >= 11 is 0. The zero-order valence-corrected chi connectivity index (χ0v) is 10.7. The van der Waals surface area contributed by atoms with E-state index >= 15 is 0 Å². The molecule has 2 rings (SSSR count). The van der Waals surface area contributed by atoms with Crippen LogP contribution in [0.15, 0.2) is 48.5 Å². The summed E-state index contributed by atoms with van der Waals surface area (Å²) in [5.74, 6) is 0.0915. The highest BCUT2D eigenvalue weighted by Crippen LogP contribution is 2.18. The summed E-state index contributed by atoms with van der Waals surface area (Å²) in [6.45, 7) is 3.72. The van der Waals surface area contributed by atoms with Gasteiger partial charge in [0, 0.05) is 16.9 Å². The van der Waals surface area contributed by atoms with Crippen LogP contribution in [0.25, 0.3) is 0 Å². The van der Waals surface area contributed by atoms with Crippen molar-refractivity contribution in [1.29, 1.82) is 0 Å². The molecule has 0 aliphatic heterocycles. The van der Waals surface area contributed by atoms with Gasteiger partial charge in [-0.3, -0.25) is 4.79 Å². The topological polar surface area (TPSA) is 29.1 Å². The first-order valence-electron chi connectivity index (χ1n) is 6.16.